The highest BCUT2D eigenvalue weighted by atomic mass is 16.5. The van der Waals surface area contributed by atoms with Crippen LogP contribution in [0.3, 0.4) is 0 Å². The smallest absolute Gasteiger partial charge is 0.205 e. The highest BCUT2D eigenvalue weighted by molar-refractivity contribution is 5.86. The van der Waals surface area contributed by atoms with E-state index in [1.165, 1.54) is 13.3 Å². The maximum atomic E-state index is 10.1. The van der Waals surface area contributed by atoms with Crippen molar-refractivity contribution in [2.45, 2.75) is 0 Å². The summed E-state index contributed by atoms with van der Waals surface area (Å²) in [5.41, 5.74) is 5.64. The summed E-state index contributed by atoms with van der Waals surface area (Å²) in [5, 5.41) is 22.3. The third kappa shape index (κ3) is 2.59. The quantitative estimate of drug-likeness (QED) is 0.439. The number of hydrogen-bond acceptors (Lipinski definition) is 7. The van der Waals surface area contributed by atoms with E-state index < -0.39 is 0 Å². The number of ether oxygens (including phenoxy) is 1. The number of phenolic OH excluding ortho intramolecular Hbond substituents is 1. The molecule has 2 aromatic carbocycles. The van der Waals surface area contributed by atoms with Gasteiger partial charge in [0.2, 0.25) is 5.65 Å². The Labute approximate surface area is 142 Å². The molecule has 2 aromatic heterocycles. The molecule has 0 radical (unpaired) electrons. The van der Waals surface area contributed by atoms with Crippen molar-refractivity contribution in [2.24, 2.45) is 5.10 Å². The molecular weight excluding hydrogens is 320 g/mol. The van der Waals surface area contributed by atoms with E-state index in [9.17, 15) is 5.11 Å². The van der Waals surface area contributed by atoms with Gasteiger partial charge in [-0.1, -0.05) is 18.2 Å². The summed E-state index contributed by atoms with van der Waals surface area (Å²) in [6, 6.07) is 12.9. The fourth-order valence-corrected chi connectivity index (χ4v) is 2.55. The lowest BCUT2D eigenvalue weighted by Crippen LogP contribution is -2.00. The normalized spacial score (nSPS) is 11.4. The van der Waals surface area contributed by atoms with Gasteiger partial charge in [-0.05, 0) is 24.3 Å². The molecular formula is C17H14N6O2. The number of hydrogen-bond donors (Lipinski definition) is 2. The number of aromatic hydroxyl groups is 1. The number of nitrogens with one attached hydrogen (secondary N) is 1. The number of fused-ring (bicyclic) bond motifs is 3. The number of methoxy groups -OCH3 is 1. The number of para-hydroxylation sites is 3. The van der Waals surface area contributed by atoms with Crippen molar-refractivity contribution in [1.82, 2.24) is 19.6 Å². The van der Waals surface area contributed by atoms with E-state index in [1.54, 1.807) is 24.5 Å². The summed E-state index contributed by atoms with van der Waals surface area (Å²) in [6.07, 6.45) is 3.11. The molecule has 0 aliphatic heterocycles. The molecule has 8 heteroatoms. The second-order valence-electron chi connectivity index (χ2n) is 5.24. The Bertz CT molecular complexity index is 1090. The fraction of sp³-hybridized carbons (Fsp3) is 0.0588. The number of hydrazone groups is 1. The molecule has 0 fully saturated rings. The Hall–Kier alpha value is -3.68. The van der Waals surface area contributed by atoms with E-state index in [1.807, 2.05) is 28.7 Å². The lowest BCUT2D eigenvalue weighted by molar-refractivity contribution is 0.373. The Morgan fingerprint density at radius 2 is 2.08 bits per heavy atom. The van der Waals surface area contributed by atoms with E-state index in [4.69, 9.17) is 4.74 Å². The van der Waals surface area contributed by atoms with E-state index >= 15 is 0 Å². The van der Waals surface area contributed by atoms with Crippen LogP contribution in [0.1, 0.15) is 5.56 Å². The molecule has 0 aliphatic carbocycles. The van der Waals surface area contributed by atoms with Crippen LogP contribution in [0.2, 0.25) is 0 Å². The molecule has 0 bridgehead atoms. The van der Waals surface area contributed by atoms with Gasteiger partial charge in [0.15, 0.2) is 17.3 Å². The van der Waals surface area contributed by atoms with Crippen LogP contribution in [-0.4, -0.2) is 38.0 Å². The molecule has 2 heterocycles. The highest BCUT2D eigenvalue weighted by Crippen LogP contribution is 2.28. The lowest BCUT2D eigenvalue weighted by atomic mass is 10.2. The Balaban J connectivity index is 1.70. The van der Waals surface area contributed by atoms with Crippen LogP contribution in [0.25, 0.3) is 16.7 Å². The van der Waals surface area contributed by atoms with Gasteiger partial charge in [-0.25, -0.2) is 4.98 Å². The molecule has 0 unspecified atom stereocenters. The molecule has 0 spiro atoms. The number of phenols is 1. The van der Waals surface area contributed by atoms with Crippen molar-refractivity contribution < 1.29 is 9.84 Å². The second kappa shape index (κ2) is 6.08. The minimum atomic E-state index is 0.0228. The van der Waals surface area contributed by atoms with Crippen LogP contribution < -0.4 is 10.2 Å². The Morgan fingerprint density at radius 3 is 2.96 bits per heavy atom. The van der Waals surface area contributed by atoms with Gasteiger partial charge in [-0.3, -0.25) is 9.83 Å². The first-order valence-corrected chi connectivity index (χ1v) is 7.51. The zero-order valence-electron chi connectivity index (χ0n) is 13.3. The van der Waals surface area contributed by atoms with Crippen LogP contribution in [0, 0.1) is 0 Å². The predicted octanol–water partition coefficient (Wildman–Crippen LogP) is 2.44. The summed E-state index contributed by atoms with van der Waals surface area (Å²) in [5.74, 6) is 0.872. The number of aromatic nitrogens is 4. The maximum absolute atomic E-state index is 10.1. The Morgan fingerprint density at radius 1 is 1.20 bits per heavy atom. The number of nitrogens with zero attached hydrogens (tertiary/aromatic N) is 5. The molecule has 25 heavy (non-hydrogen) atoms. The molecule has 0 saturated heterocycles. The third-order valence-corrected chi connectivity index (χ3v) is 3.76. The number of anilines is 1. The van der Waals surface area contributed by atoms with Crippen molar-refractivity contribution in [2.75, 3.05) is 12.5 Å². The van der Waals surface area contributed by atoms with Crippen LogP contribution in [-0.2, 0) is 0 Å². The molecule has 0 amide bonds. The first kappa shape index (κ1) is 14.9. The molecule has 2 N–H and O–H groups in total. The third-order valence-electron chi connectivity index (χ3n) is 3.76. The summed E-state index contributed by atoms with van der Waals surface area (Å²) in [7, 11) is 1.50. The Kier molecular flexibility index (Phi) is 3.62. The zero-order chi connectivity index (χ0) is 17.2. The van der Waals surface area contributed by atoms with E-state index in [0.29, 0.717) is 22.8 Å². The van der Waals surface area contributed by atoms with Crippen molar-refractivity contribution in [3.63, 3.8) is 0 Å². The van der Waals surface area contributed by atoms with E-state index in [2.05, 4.69) is 25.7 Å². The average Bonchev–Trinajstić information content (AvgIpc) is 3.13. The minimum Gasteiger partial charge on any atom is -0.504 e. The molecule has 0 saturated carbocycles. The molecule has 8 nitrogen and oxygen atoms in total. The standard InChI is InChI=1S/C17H14N6O2/c1-25-14-8-4-5-11(15(14)24)9-18-21-16-17-22-19-10-23(17)13-7-3-2-6-12(13)20-16/h2-10,24H,1H3,(H,20,21)/b18-9-. The molecule has 4 aromatic rings. The van der Waals surface area contributed by atoms with E-state index in [-0.39, 0.29) is 5.75 Å². The zero-order valence-corrected chi connectivity index (χ0v) is 13.3. The first-order chi connectivity index (χ1) is 12.3. The lowest BCUT2D eigenvalue weighted by Gasteiger charge is -2.06. The van der Waals surface area contributed by atoms with Gasteiger partial charge in [0.25, 0.3) is 0 Å². The van der Waals surface area contributed by atoms with E-state index in [0.717, 1.165) is 11.0 Å². The van der Waals surface area contributed by atoms with Gasteiger partial charge in [0, 0.05) is 5.56 Å². The monoisotopic (exact) mass is 334 g/mol. The fourth-order valence-electron chi connectivity index (χ4n) is 2.55. The largest absolute Gasteiger partial charge is 0.504 e. The number of benzene rings is 2. The van der Waals surface area contributed by atoms with Gasteiger partial charge in [0.1, 0.15) is 6.33 Å². The predicted molar refractivity (Wildman–Crippen MR) is 94.2 cm³/mol. The summed E-state index contributed by atoms with van der Waals surface area (Å²) < 4.78 is 6.92. The van der Waals surface area contributed by atoms with Gasteiger partial charge >= 0.3 is 0 Å². The average molecular weight is 334 g/mol. The SMILES string of the molecule is COc1cccc(/C=N\Nc2nc3ccccc3n3cnnc23)c1O. The summed E-state index contributed by atoms with van der Waals surface area (Å²) in [6.45, 7) is 0. The van der Waals surface area contributed by atoms with Crippen molar-refractivity contribution in [3.8, 4) is 11.5 Å². The van der Waals surface area contributed by atoms with Gasteiger partial charge in [0.05, 0.1) is 24.4 Å². The van der Waals surface area contributed by atoms with Crippen molar-refractivity contribution in [1.29, 1.82) is 0 Å². The molecule has 4 rings (SSSR count). The van der Waals surface area contributed by atoms with Crippen LogP contribution in [0.4, 0.5) is 5.82 Å². The summed E-state index contributed by atoms with van der Waals surface area (Å²) >= 11 is 0. The minimum absolute atomic E-state index is 0.0228. The van der Waals surface area contributed by atoms with Crippen molar-refractivity contribution in [3.05, 3.63) is 54.4 Å². The molecule has 0 atom stereocenters. The summed E-state index contributed by atoms with van der Waals surface area (Å²) in [4.78, 5) is 4.53. The van der Waals surface area contributed by atoms with Crippen molar-refractivity contribution >= 4 is 28.7 Å². The second-order valence-corrected chi connectivity index (χ2v) is 5.24. The van der Waals surface area contributed by atoms with Crippen LogP contribution in [0.15, 0.2) is 53.9 Å². The molecule has 124 valence electrons. The van der Waals surface area contributed by atoms with Crippen LogP contribution >= 0.6 is 0 Å². The van der Waals surface area contributed by atoms with Gasteiger partial charge in [-0.15, -0.1) is 10.2 Å². The van der Waals surface area contributed by atoms with Crippen LogP contribution in [0.5, 0.6) is 11.5 Å². The maximum Gasteiger partial charge on any atom is 0.205 e. The van der Waals surface area contributed by atoms with Gasteiger partial charge < -0.3 is 9.84 Å². The topological polar surface area (TPSA) is 96.9 Å². The number of rotatable bonds is 4. The first-order valence-electron chi connectivity index (χ1n) is 7.51. The molecule has 0 aliphatic rings. The van der Waals surface area contributed by atoms with Gasteiger partial charge in [-0.2, -0.15) is 5.10 Å². The highest BCUT2D eigenvalue weighted by Gasteiger charge is 2.09.